The molecule has 0 fully saturated rings. The molecule has 0 unspecified atom stereocenters. The zero-order valence-corrected chi connectivity index (χ0v) is 14.1. The minimum Gasteiger partial charge on any atom is -0.383 e. The summed E-state index contributed by atoms with van der Waals surface area (Å²) in [4.78, 5) is 12.1. The molecule has 2 aromatic carbocycles. The predicted molar refractivity (Wildman–Crippen MR) is 95.1 cm³/mol. The molecule has 0 aliphatic heterocycles. The molecule has 0 aliphatic rings. The number of carbonyl (C=O) groups is 1. The summed E-state index contributed by atoms with van der Waals surface area (Å²) in [6.45, 7) is 1.11. The highest BCUT2D eigenvalue weighted by Crippen LogP contribution is 2.29. The van der Waals surface area contributed by atoms with Crippen molar-refractivity contribution in [1.29, 1.82) is 0 Å². The molecule has 3 aromatic rings. The van der Waals surface area contributed by atoms with Gasteiger partial charge in [0, 0.05) is 29.6 Å². The van der Waals surface area contributed by atoms with Crippen molar-refractivity contribution in [2.75, 3.05) is 20.3 Å². The molecule has 24 heavy (non-hydrogen) atoms. The molecule has 0 spiro atoms. The van der Waals surface area contributed by atoms with E-state index in [1.165, 1.54) is 0 Å². The molecule has 0 aliphatic carbocycles. The highest BCUT2D eigenvalue weighted by atomic mass is 35.5. The summed E-state index contributed by atoms with van der Waals surface area (Å²) in [5.74, 6) is -0.106. The van der Waals surface area contributed by atoms with Crippen molar-refractivity contribution in [2.24, 2.45) is 0 Å². The molecular weight excluding hydrogens is 326 g/mol. The number of hydrogen-bond acceptors (Lipinski definition) is 3. The zero-order chi connectivity index (χ0) is 16.9. The molecule has 0 saturated heterocycles. The van der Waals surface area contributed by atoms with E-state index in [2.05, 4.69) is 10.4 Å². The van der Waals surface area contributed by atoms with Crippen molar-refractivity contribution >= 4 is 28.4 Å². The Morgan fingerprint density at radius 3 is 2.79 bits per heavy atom. The fraction of sp³-hybridized carbons (Fsp3) is 0.222. The van der Waals surface area contributed by atoms with E-state index in [0.717, 1.165) is 22.2 Å². The van der Waals surface area contributed by atoms with Crippen molar-refractivity contribution in [3.8, 4) is 11.3 Å². The van der Waals surface area contributed by atoms with Crippen molar-refractivity contribution in [3.05, 3.63) is 53.6 Å². The van der Waals surface area contributed by atoms with Crippen molar-refractivity contribution in [1.82, 2.24) is 15.1 Å². The molecule has 5 nitrogen and oxygen atoms in total. The van der Waals surface area contributed by atoms with E-state index in [0.29, 0.717) is 18.2 Å². The fourth-order valence-electron chi connectivity index (χ4n) is 2.57. The van der Waals surface area contributed by atoms with E-state index in [1.807, 2.05) is 42.5 Å². The molecule has 1 aromatic heterocycles. The Labute approximate surface area is 145 Å². The fourth-order valence-corrected chi connectivity index (χ4v) is 2.74. The summed E-state index contributed by atoms with van der Waals surface area (Å²) in [5.41, 5.74) is 2.68. The highest BCUT2D eigenvalue weighted by Gasteiger charge is 2.14. The maximum absolute atomic E-state index is 12.1. The number of amides is 1. The minimum absolute atomic E-state index is 0.106. The summed E-state index contributed by atoms with van der Waals surface area (Å²) >= 11 is 6.15. The van der Waals surface area contributed by atoms with Crippen LogP contribution in [0.3, 0.4) is 0 Å². The first-order valence-corrected chi connectivity index (χ1v) is 8.04. The van der Waals surface area contributed by atoms with Crippen LogP contribution in [0, 0.1) is 0 Å². The summed E-state index contributed by atoms with van der Waals surface area (Å²) in [7, 11) is 1.60. The smallest absolute Gasteiger partial charge is 0.241 e. The summed E-state index contributed by atoms with van der Waals surface area (Å²) in [5, 5.41) is 9.01. The van der Waals surface area contributed by atoms with Crippen LogP contribution < -0.4 is 5.32 Å². The number of methoxy groups -OCH3 is 1. The van der Waals surface area contributed by atoms with E-state index in [4.69, 9.17) is 16.3 Å². The van der Waals surface area contributed by atoms with Gasteiger partial charge in [0.05, 0.1) is 12.1 Å². The van der Waals surface area contributed by atoms with E-state index < -0.39 is 0 Å². The van der Waals surface area contributed by atoms with Gasteiger partial charge in [-0.05, 0) is 18.2 Å². The summed E-state index contributed by atoms with van der Waals surface area (Å²) in [6, 6.07) is 15.4. The molecule has 0 saturated carbocycles. The molecule has 124 valence electrons. The second kappa shape index (κ2) is 7.47. The molecule has 1 amide bonds. The summed E-state index contributed by atoms with van der Waals surface area (Å²) < 4.78 is 6.64. The third kappa shape index (κ3) is 3.58. The lowest BCUT2D eigenvalue weighted by atomic mass is 10.1. The van der Waals surface area contributed by atoms with Gasteiger partial charge >= 0.3 is 0 Å². The topological polar surface area (TPSA) is 56.1 Å². The molecule has 0 radical (unpaired) electrons. The third-order valence-electron chi connectivity index (χ3n) is 3.68. The van der Waals surface area contributed by atoms with E-state index in [1.54, 1.807) is 17.9 Å². The number of rotatable bonds is 6. The van der Waals surface area contributed by atoms with Crippen LogP contribution >= 0.6 is 11.6 Å². The zero-order valence-electron chi connectivity index (χ0n) is 13.3. The highest BCUT2D eigenvalue weighted by molar-refractivity contribution is 6.31. The van der Waals surface area contributed by atoms with Crippen LogP contribution in [0.1, 0.15) is 0 Å². The van der Waals surface area contributed by atoms with Crippen LogP contribution in [0.2, 0.25) is 5.02 Å². The van der Waals surface area contributed by atoms with Crippen LogP contribution in [0.5, 0.6) is 0 Å². The second-order valence-corrected chi connectivity index (χ2v) is 5.81. The lowest BCUT2D eigenvalue weighted by molar-refractivity contribution is -0.121. The quantitative estimate of drug-likeness (QED) is 0.700. The van der Waals surface area contributed by atoms with Crippen LogP contribution in [0.4, 0.5) is 0 Å². The number of fused-ring (bicyclic) bond motifs is 1. The average molecular weight is 344 g/mol. The number of halogens is 1. The van der Waals surface area contributed by atoms with Crippen molar-refractivity contribution in [2.45, 2.75) is 6.54 Å². The molecule has 0 atom stereocenters. The molecule has 1 N–H and O–H groups in total. The van der Waals surface area contributed by atoms with Gasteiger partial charge in [-0.25, -0.2) is 0 Å². The Morgan fingerprint density at radius 2 is 2.04 bits per heavy atom. The SMILES string of the molecule is COCCNC(=O)Cn1nc(-c2ccccc2)c2cc(Cl)ccc21. The Balaban J connectivity index is 1.95. The van der Waals surface area contributed by atoms with E-state index >= 15 is 0 Å². The third-order valence-corrected chi connectivity index (χ3v) is 3.92. The minimum atomic E-state index is -0.106. The van der Waals surface area contributed by atoms with Crippen LogP contribution in [-0.4, -0.2) is 35.9 Å². The van der Waals surface area contributed by atoms with Gasteiger partial charge in [0.15, 0.2) is 0 Å². The number of carbonyl (C=O) groups excluding carboxylic acids is 1. The number of aromatic nitrogens is 2. The van der Waals surface area contributed by atoms with E-state index in [9.17, 15) is 4.79 Å². The van der Waals surface area contributed by atoms with Gasteiger partial charge in [0.2, 0.25) is 5.91 Å². The number of benzene rings is 2. The largest absolute Gasteiger partial charge is 0.383 e. The van der Waals surface area contributed by atoms with Crippen molar-refractivity contribution in [3.63, 3.8) is 0 Å². The number of nitrogens with zero attached hydrogens (tertiary/aromatic N) is 2. The summed E-state index contributed by atoms with van der Waals surface area (Å²) in [6.07, 6.45) is 0. The van der Waals surface area contributed by atoms with Gasteiger partial charge in [-0.3, -0.25) is 9.48 Å². The Morgan fingerprint density at radius 1 is 1.25 bits per heavy atom. The Kier molecular flexibility index (Phi) is 5.13. The van der Waals surface area contributed by atoms with Gasteiger partial charge in [0.25, 0.3) is 0 Å². The predicted octanol–water partition coefficient (Wildman–Crippen LogP) is 3.12. The van der Waals surface area contributed by atoms with E-state index in [-0.39, 0.29) is 12.5 Å². The second-order valence-electron chi connectivity index (χ2n) is 5.38. The standard InChI is InChI=1S/C18H18ClN3O2/c1-24-10-9-20-17(23)12-22-16-8-7-14(19)11-15(16)18(21-22)13-5-3-2-4-6-13/h2-8,11H,9-10,12H2,1H3,(H,20,23). The monoisotopic (exact) mass is 343 g/mol. The number of nitrogens with one attached hydrogen (secondary N) is 1. The van der Waals surface area contributed by atoms with Gasteiger partial charge in [-0.15, -0.1) is 0 Å². The number of hydrogen-bond donors (Lipinski definition) is 1. The molecule has 1 heterocycles. The van der Waals surface area contributed by atoms with Crippen LogP contribution in [0.15, 0.2) is 48.5 Å². The van der Waals surface area contributed by atoms with Crippen molar-refractivity contribution < 1.29 is 9.53 Å². The maximum Gasteiger partial charge on any atom is 0.241 e. The molecular formula is C18H18ClN3O2. The molecule has 3 rings (SSSR count). The Hall–Kier alpha value is -2.37. The lowest BCUT2D eigenvalue weighted by Crippen LogP contribution is -2.30. The normalized spacial score (nSPS) is 10.9. The van der Waals surface area contributed by atoms with Gasteiger partial charge in [-0.1, -0.05) is 41.9 Å². The van der Waals surface area contributed by atoms with Gasteiger partial charge in [-0.2, -0.15) is 5.10 Å². The van der Waals surface area contributed by atoms with Gasteiger partial charge < -0.3 is 10.1 Å². The first-order chi connectivity index (χ1) is 11.7. The average Bonchev–Trinajstić information content (AvgIpc) is 2.93. The Bertz CT molecular complexity index is 846. The lowest BCUT2D eigenvalue weighted by Gasteiger charge is -2.05. The molecule has 0 bridgehead atoms. The van der Waals surface area contributed by atoms with Crippen LogP contribution in [0.25, 0.3) is 22.2 Å². The maximum atomic E-state index is 12.1. The number of ether oxygens (including phenoxy) is 1. The molecule has 6 heteroatoms. The van der Waals surface area contributed by atoms with Gasteiger partial charge in [0.1, 0.15) is 12.2 Å². The first kappa shape index (κ1) is 16.5. The van der Waals surface area contributed by atoms with Crippen LogP contribution in [-0.2, 0) is 16.1 Å². The first-order valence-electron chi connectivity index (χ1n) is 7.66.